The van der Waals surface area contributed by atoms with Crippen molar-refractivity contribution in [2.24, 2.45) is 0 Å². The molecule has 0 spiro atoms. The van der Waals surface area contributed by atoms with Crippen molar-refractivity contribution in [1.29, 1.82) is 0 Å². The van der Waals surface area contributed by atoms with Crippen LogP contribution in [0.1, 0.15) is 5.56 Å². The van der Waals surface area contributed by atoms with Crippen LogP contribution >= 0.6 is 0 Å². The molecule has 0 saturated carbocycles. The first-order chi connectivity index (χ1) is 12.3. The van der Waals surface area contributed by atoms with Crippen LogP contribution in [0.25, 0.3) is 22.3 Å². The van der Waals surface area contributed by atoms with Crippen LogP contribution < -0.4 is 5.32 Å². The standard InChI is InChI=1S/C21H16FN3/c22-17-12-10-16(11-13-17)20-24-19-9-5-4-8-18(19)21(25-20)23-14-15-6-2-1-3-7-15/h1-13H,14H2,(H,23,24,25). The van der Waals surface area contributed by atoms with Crippen LogP contribution in [0.4, 0.5) is 10.2 Å². The molecule has 0 unspecified atom stereocenters. The molecule has 3 aromatic carbocycles. The second kappa shape index (κ2) is 6.69. The second-order valence-electron chi connectivity index (χ2n) is 5.76. The summed E-state index contributed by atoms with van der Waals surface area (Å²) in [5.74, 6) is 1.08. The minimum atomic E-state index is -0.271. The van der Waals surface area contributed by atoms with Gasteiger partial charge in [-0.3, -0.25) is 0 Å². The average Bonchev–Trinajstić information content (AvgIpc) is 2.67. The van der Waals surface area contributed by atoms with E-state index in [1.807, 2.05) is 42.5 Å². The largest absolute Gasteiger partial charge is 0.365 e. The fourth-order valence-electron chi connectivity index (χ4n) is 2.72. The highest BCUT2D eigenvalue weighted by Crippen LogP contribution is 2.25. The smallest absolute Gasteiger partial charge is 0.162 e. The zero-order chi connectivity index (χ0) is 17.1. The molecule has 0 aliphatic heterocycles. The van der Waals surface area contributed by atoms with Gasteiger partial charge in [0.15, 0.2) is 5.82 Å². The lowest BCUT2D eigenvalue weighted by atomic mass is 10.1. The highest BCUT2D eigenvalue weighted by atomic mass is 19.1. The first-order valence-corrected chi connectivity index (χ1v) is 8.10. The van der Waals surface area contributed by atoms with E-state index in [9.17, 15) is 4.39 Å². The zero-order valence-corrected chi connectivity index (χ0v) is 13.5. The molecule has 1 heterocycles. The third-order valence-corrected chi connectivity index (χ3v) is 4.01. The van der Waals surface area contributed by atoms with Gasteiger partial charge in [0, 0.05) is 17.5 Å². The highest BCUT2D eigenvalue weighted by Gasteiger charge is 2.09. The monoisotopic (exact) mass is 329 g/mol. The maximum Gasteiger partial charge on any atom is 0.162 e. The van der Waals surface area contributed by atoms with Crippen molar-refractivity contribution >= 4 is 16.7 Å². The van der Waals surface area contributed by atoms with Gasteiger partial charge in [-0.05, 0) is 42.0 Å². The summed E-state index contributed by atoms with van der Waals surface area (Å²) in [6.45, 7) is 0.671. The number of halogens is 1. The van der Waals surface area contributed by atoms with Crippen molar-refractivity contribution in [2.45, 2.75) is 6.54 Å². The Kier molecular flexibility index (Phi) is 4.09. The summed E-state index contributed by atoms with van der Waals surface area (Å²) in [6.07, 6.45) is 0. The van der Waals surface area contributed by atoms with E-state index in [-0.39, 0.29) is 5.82 Å². The van der Waals surface area contributed by atoms with Gasteiger partial charge in [0.2, 0.25) is 0 Å². The quantitative estimate of drug-likeness (QED) is 0.569. The number of nitrogens with one attached hydrogen (secondary N) is 1. The summed E-state index contributed by atoms with van der Waals surface area (Å²) in [5, 5.41) is 4.36. The van der Waals surface area contributed by atoms with E-state index in [4.69, 9.17) is 0 Å². The SMILES string of the molecule is Fc1ccc(-c2nc(NCc3ccccc3)c3ccccc3n2)cc1. The van der Waals surface area contributed by atoms with E-state index in [1.165, 1.54) is 17.7 Å². The van der Waals surface area contributed by atoms with Crippen LogP contribution in [-0.4, -0.2) is 9.97 Å². The molecule has 0 amide bonds. The number of fused-ring (bicyclic) bond motifs is 1. The maximum absolute atomic E-state index is 13.2. The maximum atomic E-state index is 13.2. The number of para-hydroxylation sites is 1. The van der Waals surface area contributed by atoms with Crippen molar-refractivity contribution in [2.75, 3.05) is 5.32 Å². The molecule has 0 aliphatic rings. The van der Waals surface area contributed by atoms with Crippen molar-refractivity contribution < 1.29 is 4.39 Å². The van der Waals surface area contributed by atoms with Gasteiger partial charge >= 0.3 is 0 Å². The fourth-order valence-corrected chi connectivity index (χ4v) is 2.72. The van der Waals surface area contributed by atoms with Gasteiger partial charge in [0.1, 0.15) is 11.6 Å². The molecule has 0 saturated heterocycles. The Bertz CT molecular complexity index is 998. The number of nitrogens with zero attached hydrogens (tertiary/aromatic N) is 2. The molecule has 0 bridgehead atoms. The van der Waals surface area contributed by atoms with E-state index in [2.05, 4.69) is 27.4 Å². The van der Waals surface area contributed by atoms with Crippen molar-refractivity contribution in [1.82, 2.24) is 9.97 Å². The zero-order valence-electron chi connectivity index (χ0n) is 13.5. The molecular weight excluding hydrogens is 313 g/mol. The number of rotatable bonds is 4. The number of benzene rings is 3. The number of aromatic nitrogens is 2. The van der Waals surface area contributed by atoms with E-state index in [1.54, 1.807) is 12.1 Å². The molecule has 25 heavy (non-hydrogen) atoms. The van der Waals surface area contributed by atoms with Gasteiger partial charge in [-0.25, -0.2) is 14.4 Å². The molecular formula is C21H16FN3. The average molecular weight is 329 g/mol. The predicted molar refractivity (Wildman–Crippen MR) is 98.7 cm³/mol. The van der Waals surface area contributed by atoms with E-state index >= 15 is 0 Å². The van der Waals surface area contributed by atoms with Crippen molar-refractivity contribution in [3.05, 3.63) is 90.2 Å². The van der Waals surface area contributed by atoms with Gasteiger partial charge in [-0.15, -0.1) is 0 Å². The fraction of sp³-hybridized carbons (Fsp3) is 0.0476. The molecule has 1 aromatic heterocycles. The van der Waals surface area contributed by atoms with Gasteiger partial charge in [0.25, 0.3) is 0 Å². The summed E-state index contributed by atoms with van der Waals surface area (Å²) < 4.78 is 13.2. The second-order valence-corrected chi connectivity index (χ2v) is 5.76. The van der Waals surface area contributed by atoms with Crippen LogP contribution in [0.15, 0.2) is 78.9 Å². The van der Waals surface area contributed by atoms with Gasteiger partial charge in [-0.1, -0.05) is 42.5 Å². The Morgan fingerprint density at radius 2 is 1.48 bits per heavy atom. The minimum absolute atomic E-state index is 0.271. The number of hydrogen-bond acceptors (Lipinski definition) is 3. The van der Waals surface area contributed by atoms with Gasteiger partial charge in [0.05, 0.1) is 5.52 Å². The summed E-state index contributed by atoms with van der Waals surface area (Å²) in [7, 11) is 0. The third-order valence-electron chi connectivity index (χ3n) is 4.01. The Balaban J connectivity index is 1.74. The van der Waals surface area contributed by atoms with E-state index < -0.39 is 0 Å². The van der Waals surface area contributed by atoms with Crippen molar-refractivity contribution in [3.8, 4) is 11.4 Å². The first kappa shape index (κ1) is 15.3. The number of hydrogen-bond donors (Lipinski definition) is 1. The third kappa shape index (κ3) is 3.33. The predicted octanol–water partition coefficient (Wildman–Crippen LogP) is 5.05. The topological polar surface area (TPSA) is 37.8 Å². The van der Waals surface area contributed by atoms with Gasteiger partial charge in [-0.2, -0.15) is 0 Å². The van der Waals surface area contributed by atoms with Crippen LogP contribution in [0, 0.1) is 5.82 Å². The summed E-state index contributed by atoms with van der Waals surface area (Å²) >= 11 is 0. The number of anilines is 1. The Morgan fingerprint density at radius 3 is 2.28 bits per heavy atom. The molecule has 122 valence electrons. The molecule has 0 aliphatic carbocycles. The summed E-state index contributed by atoms with van der Waals surface area (Å²) in [4.78, 5) is 9.29. The van der Waals surface area contributed by atoms with Gasteiger partial charge < -0.3 is 5.32 Å². The first-order valence-electron chi connectivity index (χ1n) is 8.10. The Hall–Kier alpha value is -3.27. The Morgan fingerprint density at radius 1 is 0.760 bits per heavy atom. The minimum Gasteiger partial charge on any atom is -0.365 e. The normalized spacial score (nSPS) is 10.8. The molecule has 3 nitrogen and oxygen atoms in total. The molecule has 1 N–H and O–H groups in total. The van der Waals surface area contributed by atoms with Crippen LogP contribution in [-0.2, 0) is 6.54 Å². The van der Waals surface area contributed by atoms with Crippen LogP contribution in [0.3, 0.4) is 0 Å². The lowest BCUT2D eigenvalue weighted by molar-refractivity contribution is 0.628. The lowest BCUT2D eigenvalue weighted by Gasteiger charge is -2.11. The summed E-state index contributed by atoms with van der Waals surface area (Å²) in [6, 6.07) is 24.3. The van der Waals surface area contributed by atoms with E-state index in [0.29, 0.717) is 12.4 Å². The molecule has 0 fully saturated rings. The Labute approximate surface area is 145 Å². The van der Waals surface area contributed by atoms with Crippen LogP contribution in [0.5, 0.6) is 0 Å². The highest BCUT2D eigenvalue weighted by molar-refractivity contribution is 5.90. The lowest BCUT2D eigenvalue weighted by Crippen LogP contribution is -2.04. The van der Waals surface area contributed by atoms with Crippen molar-refractivity contribution in [3.63, 3.8) is 0 Å². The molecule has 0 atom stereocenters. The van der Waals surface area contributed by atoms with E-state index in [0.717, 1.165) is 22.3 Å². The molecule has 4 rings (SSSR count). The summed E-state index contributed by atoms with van der Waals surface area (Å²) in [5.41, 5.74) is 2.82. The molecule has 4 heteroatoms. The van der Waals surface area contributed by atoms with Crippen LogP contribution in [0.2, 0.25) is 0 Å². The molecule has 4 aromatic rings. The molecule has 0 radical (unpaired) electrons.